The Morgan fingerprint density at radius 1 is 0.897 bits per heavy atom. The van der Waals surface area contributed by atoms with Gasteiger partial charge in [-0.05, 0) is 36.4 Å². The Morgan fingerprint density at radius 2 is 1.59 bits per heavy atom. The zero-order valence-electron chi connectivity index (χ0n) is 14.9. The molecule has 3 heterocycles. The van der Waals surface area contributed by atoms with Gasteiger partial charge in [0.25, 0.3) is 11.8 Å². The second-order valence-corrected chi connectivity index (χ2v) is 6.38. The van der Waals surface area contributed by atoms with Crippen molar-refractivity contribution in [3.63, 3.8) is 0 Å². The number of benzene rings is 2. The van der Waals surface area contributed by atoms with E-state index in [1.54, 1.807) is 48.5 Å². The van der Waals surface area contributed by atoms with Crippen LogP contribution in [-0.2, 0) is 4.84 Å². The number of pyridine rings is 1. The summed E-state index contributed by atoms with van der Waals surface area (Å²) in [6.07, 6.45) is 1.50. The smallest absolute Gasteiger partial charge is 0.364 e. The molecule has 0 spiro atoms. The van der Waals surface area contributed by atoms with E-state index in [0.717, 1.165) is 0 Å². The minimum atomic E-state index is -0.842. The van der Waals surface area contributed by atoms with Crippen molar-refractivity contribution in [3.05, 3.63) is 89.7 Å². The van der Waals surface area contributed by atoms with Crippen LogP contribution in [0.2, 0.25) is 0 Å². The first kappa shape index (κ1) is 16.9. The first-order valence-corrected chi connectivity index (χ1v) is 8.77. The summed E-state index contributed by atoms with van der Waals surface area (Å²) in [5.41, 5.74) is 1.54. The van der Waals surface area contributed by atoms with Crippen LogP contribution in [0.4, 0.5) is 0 Å². The molecule has 0 fully saturated rings. The molecule has 1 aliphatic heterocycles. The third-order valence-electron chi connectivity index (χ3n) is 4.64. The topological polar surface area (TPSA) is 89.7 Å². The minimum Gasteiger partial charge on any atom is -0.463 e. The molecule has 0 bridgehead atoms. The third-order valence-corrected chi connectivity index (χ3v) is 4.64. The highest BCUT2D eigenvalue weighted by atomic mass is 16.7. The van der Waals surface area contributed by atoms with Crippen molar-refractivity contribution in [2.24, 2.45) is 0 Å². The fraction of sp³-hybridized carbons (Fsp3) is 0. The minimum absolute atomic E-state index is 0.165. The van der Waals surface area contributed by atoms with Crippen LogP contribution in [0.25, 0.3) is 22.4 Å². The number of fused-ring (bicyclic) bond motifs is 2. The normalized spacial score (nSPS) is 13.0. The SMILES string of the molecule is O=C(ON1C(=O)c2ccccc2C1=O)c1cc(-c2ccco2)nc2ccccc12. The Balaban J connectivity index is 1.55. The predicted molar refractivity (Wildman–Crippen MR) is 102 cm³/mol. The first-order chi connectivity index (χ1) is 14.1. The highest BCUT2D eigenvalue weighted by Crippen LogP contribution is 2.28. The van der Waals surface area contributed by atoms with Crippen molar-refractivity contribution in [1.29, 1.82) is 0 Å². The molecular formula is C22H12N2O5. The Kier molecular flexibility index (Phi) is 3.74. The van der Waals surface area contributed by atoms with Crippen molar-refractivity contribution in [2.75, 3.05) is 0 Å². The number of aromatic nitrogens is 1. The van der Waals surface area contributed by atoms with Gasteiger partial charge >= 0.3 is 5.97 Å². The quantitative estimate of drug-likeness (QED) is 0.498. The number of carbonyl (C=O) groups is 3. The molecule has 0 atom stereocenters. The summed E-state index contributed by atoms with van der Waals surface area (Å²) in [6.45, 7) is 0. The van der Waals surface area contributed by atoms with Crippen molar-refractivity contribution < 1.29 is 23.6 Å². The van der Waals surface area contributed by atoms with E-state index >= 15 is 0 Å². The predicted octanol–water partition coefficient (Wildman–Crippen LogP) is 3.86. The van der Waals surface area contributed by atoms with E-state index in [0.29, 0.717) is 27.4 Å². The zero-order valence-corrected chi connectivity index (χ0v) is 14.9. The van der Waals surface area contributed by atoms with E-state index in [9.17, 15) is 14.4 Å². The second kappa shape index (κ2) is 6.42. The first-order valence-electron chi connectivity index (χ1n) is 8.77. The van der Waals surface area contributed by atoms with Gasteiger partial charge in [-0.2, -0.15) is 0 Å². The Bertz CT molecular complexity index is 1260. The molecule has 2 aromatic carbocycles. The molecule has 0 N–H and O–H groups in total. The number of para-hydroxylation sites is 1. The van der Waals surface area contributed by atoms with Gasteiger partial charge in [-0.3, -0.25) is 9.59 Å². The number of rotatable bonds is 3. The number of hydroxylamine groups is 2. The van der Waals surface area contributed by atoms with Gasteiger partial charge in [0.1, 0.15) is 5.69 Å². The Hall–Kier alpha value is -4.26. The van der Waals surface area contributed by atoms with E-state index in [4.69, 9.17) is 9.25 Å². The van der Waals surface area contributed by atoms with Gasteiger partial charge in [0, 0.05) is 5.39 Å². The molecule has 4 aromatic rings. The van der Waals surface area contributed by atoms with Gasteiger partial charge in [-0.1, -0.05) is 35.4 Å². The molecule has 0 saturated heterocycles. The van der Waals surface area contributed by atoms with Crippen LogP contribution in [0.1, 0.15) is 31.1 Å². The lowest BCUT2D eigenvalue weighted by Gasteiger charge is -2.14. The van der Waals surface area contributed by atoms with Crippen molar-refractivity contribution >= 4 is 28.7 Å². The van der Waals surface area contributed by atoms with Crippen molar-refractivity contribution in [3.8, 4) is 11.5 Å². The van der Waals surface area contributed by atoms with Crippen molar-refractivity contribution in [1.82, 2.24) is 10.0 Å². The lowest BCUT2D eigenvalue weighted by Crippen LogP contribution is -2.32. The number of hydrogen-bond donors (Lipinski definition) is 0. The second-order valence-electron chi connectivity index (χ2n) is 6.38. The molecule has 0 saturated carbocycles. The number of nitrogens with zero attached hydrogens (tertiary/aromatic N) is 2. The van der Waals surface area contributed by atoms with Crippen LogP contribution in [0, 0.1) is 0 Å². The summed E-state index contributed by atoms with van der Waals surface area (Å²) < 4.78 is 5.38. The summed E-state index contributed by atoms with van der Waals surface area (Å²) in [4.78, 5) is 47.7. The van der Waals surface area contributed by atoms with Crippen LogP contribution >= 0.6 is 0 Å². The lowest BCUT2D eigenvalue weighted by molar-refractivity contribution is -0.0583. The molecule has 0 unspecified atom stereocenters. The maximum atomic E-state index is 13.0. The number of amides is 2. The van der Waals surface area contributed by atoms with E-state index in [1.807, 2.05) is 0 Å². The molecule has 5 rings (SSSR count). The number of furan rings is 1. The van der Waals surface area contributed by atoms with Crippen LogP contribution in [0.5, 0.6) is 0 Å². The van der Waals surface area contributed by atoms with E-state index in [-0.39, 0.29) is 16.7 Å². The third kappa shape index (κ3) is 2.68. The molecule has 0 radical (unpaired) electrons. The molecule has 2 amide bonds. The molecule has 0 aliphatic carbocycles. The molecule has 140 valence electrons. The summed E-state index contributed by atoms with van der Waals surface area (Å²) in [5, 5.41) is 1.03. The zero-order chi connectivity index (χ0) is 20.0. The summed E-state index contributed by atoms with van der Waals surface area (Å²) >= 11 is 0. The summed E-state index contributed by atoms with van der Waals surface area (Å²) in [6, 6.07) is 18.3. The monoisotopic (exact) mass is 384 g/mol. The van der Waals surface area contributed by atoms with Crippen molar-refractivity contribution in [2.45, 2.75) is 0 Å². The number of imide groups is 1. The molecule has 1 aliphatic rings. The van der Waals surface area contributed by atoms with Crippen LogP contribution in [0.3, 0.4) is 0 Å². The molecule has 7 heteroatoms. The lowest BCUT2D eigenvalue weighted by atomic mass is 10.1. The number of carbonyl (C=O) groups excluding carboxylic acids is 3. The number of hydrogen-bond acceptors (Lipinski definition) is 6. The average Bonchev–Trinajstić information content (AvgIpc) is 3.37. The van der Waals surface area contributed by atoms with E-state index in [1.165, 1.54) is 24.5 Å². The van der Waals surface area contributed by atoms with Crippen LogP contribution in [0.15, 0.2) is 77.4 Å². The Morgan fingerprint density at radius 3 is 2.28 bits per heavy atom. The van der Waals surface area contributed by atoms with Gasteiger partial charge in [0.15, 0.2) is 5.76 Å². The van der Waals surface area contributed by atoms with Gasteiger partial charge in [0.05, 0.1) is 28.5 Å². The van der Waals surface area contributed by atoms with Crippen LogP contribution < -0.4 is 0 Å². The highest BCUT2D eigenvalue weighted by Gasteiger charge is 2.39. The molecule has 29 heavy (non-hydrogen) atoms. The molecule has 2 aromatic heterocycles. The standard InChI is InChI=1S/C22H12N2O5/c25-20-14-7-1-2-8-15(14)21(26)24(20)29-22(27)16-12-18(19-10-5-11-28-19)23-17-9-4-3-6-13(16)17/h1-12H. The van der Waals surface area contributed by atoms with Crippen LogP contribution in [-0.4, -0.2) is 27.8 Å². The largest absolute Gasteiger partial charge is 0.463 e. The molecular weight excluding hydrogens is 372 g/mol. The summed E-state index contributed by atoms with van der Waals surface area (Å²) in [7, 11) is 0. The van der Waals surface area contributed by atoms with Gasteiger partial charge in [0.2, 0.25) is 0 Å². The highest BCUT2D eigenvalue weighted by molar-refractivity contribution is 6.21. The summed E-state index contributed by atoms with van der Waals surface area (Å²) in [5.74, 6) is -1.72. The fourth-order valence-electron chi connectivity index (χ4n) is 3.28. The molecule has 7 nitrogen and oxygen atoms in total. The fourth-order valence-corrected chi connectivity index (χ4v) is 3.28. The van der Waals surface area contributed by atoms with E-state index < -0.39 is 17.8 Å². The van der Waals surface area contributed by atoms with Gasteiger partial charge in [-0.15, -0.1) is 0 Å². The van der Waals surface area contributed by atoms with Gasteiger partial charge in [-0.25, -0.2) is 9.78 Å². The van der Waals surface area contributed by atoms with E-state index in [2.05, 4.69) is 4.98 Å². The van der Waals surface area contributed by atoms with Gasteiger partial charge < -0.3 is 9.25 Å². The Labute approximate surface area is 164 Å². The maximum absolute atomic E-state index is 13.0. The maximum Gasteiger partial charge on any atom is 0.364 e. The average molecular weight is 384 g/mol.